The van der Waals surface area contributed by atoms with Crippen molar-refractivity contribution in [2.75, 3.05) is 19.6 Å². The fourth-order valence-corrected chi connectivity index (χ4v) is 3.06. The molecule has 1 saturated heterocycles. The summed E-state index contributed by atoms with van der Waals surface area (Å²) in [5, 5.41) is 0. The SMILES string of the molecule is CC(C)C(=O)N1CC(N2CCc3ccccc3C2)C1. The largest absolute Gasteiger partial charge is 0.339 e. The van der Waals surface area contributed by atoms with E-state index in [-0.39, 0.29) is 5.92 Å². The van der Waals surface area contributed by atoms with E-state index < -0.39 is 0 Å². The lowest BCUT2D eigenvalue weighted by atomic mass is 9.96. The number of hydrogen-bond donors (Lipinski definition) is 0. The molecule has 2 aliphatic rings. The monoisotopic (exact) mass is 258 g/mol. The minimum atomic E-state index is 0.128. The Kier molecular flexibility index (Phi) is 3.31. The van der Waals surface area contributed by atoms with Crippen LogP contribution in [0.3, 0.4) is 0 Å². The summed E-state index contributed by atoms with van der Waals surface area (Å²) in [5.41, 5.74) is 2.95. The number of rotatable bonds is 2. The van der Waals surface area contributed by atoms with Gasteiger partial charge < -0.3 is 4.90 Å². The molecule has 0 saturated carbocycles. The fourth-order valence-electron chi connectivity index (χ4n) is 3.06. The molecular formula is C16H22N2O. The van der Waals surface area contributed by atoms with Gasteiger partial charge in [-0.2, -0.15) is 0 Å². The van der Waals surface area contributed by atoms with Gasteiger partial charge in [0.1, 0.15) is 0 Å². The summed E-state index contributed by atoms with van der Waals surface area (Å²) in [5.74, 6) is 0.427. The molecule has 0 unspecified atom stereocenters. The smallest absolute Gasteiger partial charge is 0.225 e. The average molecular weight is 258 g/mol. The van der Waals surface area contributed by atoms with Gasteiger partial charge in [0, 0.05) is 38.1 Å². The molecule has 3 rings (SSSR count). The molecule has 3 nitrogen and oxygen atoms in total. The van der Waals surface area contributed by atoms with E-state index in [1.54, 1.807) is 0 Å². The van der Waals surface area contributed by atoms with Gasteiger partial charge in [-0.1, -0.05) is 38.1 Å². The molecule has 2 heterocycles. The number of hydrogen-bond acceptors (Lipinski definition) is 2. The van der Waals surface area contributed by atoms with Crippen LogP contribution in [0.5, 0.6) is 0 Å². The Bertz CT molecular complexity index is 477. The highest BCUT2D eigenvalue weighted by molar-refractivity contribution is 5.79. The first kappa shape index (κ1) is 12.7. The number of carbonyl (C=O) groups is 1. The van der Waals surface area contributed by atoms with Crippen molar-refractivity contribution in [2.45, 2.75) is 32.9 Å². The maximum atomic E-state index is 11.9. The van der Waals surface area contributed by atoms with Gasteiger partial charge in [-0.05, 0) is 17.5 Å². The van der Waals surface area contributed by atoms with Crippen molar-refractivity contribution < 1.29 is 4.79 Å². The molecule has 1 amide bonds. The molecule has 0 radical (unpaired) electrons. The zero-order valence-electron chi connectivity index (χ0n) is 11.8. The van der Waals surface area contributed by atoms with Crippen LogP contribution in [0.25, 0.3) is 0 Å². The van der Waals surface area contributed by atoms with Gasteiger partial charge in [0.25, 0.3) is 0 Å². The number of amides is 1. The quantitative estimate of drug-likeness (QED) is 0.809. The third-order valence-corrected chi connectivity index (χ3v) is 4.34. The summed E-state index contributed by atoms with van der Waals surface area (Å²) in [4.78, 5) is 16.4. The van der Waals surface area contributed by atoms with E-state index in [1.807, 2.05) is 18.7 Å². The average Bonchev–Trinajstić information content (AvgIpc) is 2.36. The zero-order valence-corrected chi connectivity index (χ0v) is 11.8. The zero-order chi connectivity index (χ0) is 13.4. The summed E-state index contributed by atoms with van der Waals surface area (Å²) in [6.07, 6.45) is 1.14. The first-order valence-electron chi connectivity index (χ1n) is 7.25. The van der Waals surface area contributed by atoms with E-state index in [9.17, 15) is 4.79 Å². The van der Waals surface area contributed by atoms with Crippen LogP contribution in [0.15, 0.2) is 24.3 Å². The molecule has 1 fully saturated rings. The fraction of sp³-hybridized carbons (Fsp3) is 0.562. The third-order valence-electron chi connectivity index (χ3n) is 4.34. The number of nitrogens with zero attached hydrogens (tertiary/aromatic N) is 2. The highest BCUT2D eigenvalue weighted by Gasteiger charge is 2.36. The predicted octanol–water partition coefficient (Wildman–Crippen LogP) is 1.91. The minimum absolute atomic E-state index is 0.128. The molecule has 0 bridgehead atoms. The number of benzene rings is 1. The summed E-state index contributed by atoms with van der Waals surface area (Å²) < 4.78 is 0. The third kappa shape index (κ3) is 2.39. The second-order valence-corrected chi connectivity index (χ2v) is 6.04. The molecule has 0 spiro atoms. The Morgan fingerprint density at radius 2 is 1.89 bits per heavy atom. The van der Waals surface area contributed by atoms with Crippen molar-refractivity contribution in [2.24, 2.45) is 5.92 Å². The summed E-state index contributed by atoms with van der Waals surface area (Å²) in [6, 6.07) is 9.29. The van der Waals surface area contributed by atoms with Crippen LogP contribution in [0.1, 0.15) is 25.0 Å². The van der Waals surface area contributed by atoms with Crippen LogP contribution in [0.4, 0.5) is 0 Å². The van der Waals surface area contributed by atoms with E-state index in [0.717, 1.165) is 32.6 Å². The lowest BCUT2D eigenvalue weighted by Crippen LogP contribution is -2.62. The predicted molar refractivity (Wildman–Crippen MR) is 75.8 cm³/mol. The lowest BCUT2D eigenvalue weighted by Gasteiger charge is -2.47. The molecule has 0 aliphatic carbocycles. The van der Waals surface area contributed by atoms with Crippen LogP contribution < -0.4 is 0 Å². The Labute approximate surface area is 115 Å². The van der Waals surface area contributed by atoms with Crippen LogP contribution in [-0.2, 0) is 17.8 Å². The first-order valence-corrected chi connectivity index (χ1v) is 7.25. The van der Waals surface area contributed by atoms with E-state index in [0.29, 0.717) is 11.9 Å². The Morgan fingerprint density at radius 3 is 2.58 bits per heavy atom. The van der Waals surface area contributed by atoms with Gasteiger partial charge in [0.15, 0.2) is 0 Å². The van der Waals surface area contributed by atoms with Gasteiger partial charge >= 0.3 is 0 Å². The van der Waals surface area contributed by atoms with E-state index >= 15 is 0 Å². The molecule has 0 N–H and O–H groups in total. The second kappa shape index (κ2) is 4.97. The second-order valence-electron chi connectivity index (χ2n) is 6.04. The van der Waals surface area contributed by atoms with Crippen molar-refractivity contribution in [1.82, 2.24) is 9.80 Å². The summed E-state index contributed by atoms with van der Waals surface area (Å²) >= 11 is 0. The highest BCUT2D eigenvalue weighted by atomic mass is 16.2. The van der Waals surface area contributed by atoms with Crippen LogP contribution in [-0.4, -0.2) is 41.4 Å². The van der Waals surface area contributed by atoms with Crippen molar-refractivity contribution in [3.8, 4) is 0 Å². The number of carbonyl (C=O) groups excluding carboxylic acids is 1. The Hall–Kier alpha value is -1.35. The van der Waals surface area contributed by atoms with Gasteiger partial charge in [-0.15, -0.1) is 0 Å². The van der Waals surface area contributed by atoms with Crippen molar-refractivity contribution in [1.29, 1.82) is 0 Å². The van der Waals surface area contributed by atoms with Crippen LogP contribution in [0.2, 0.25) is 0 Å². The minimum Gasteiger partial charge on any atom is -0.339 e. The first-order chi connectivity index (χ1) is 9.15. The van der Waals surface area contributed by atoms with Crippen molar-refractivity contribution in [3.05, 3.63) is 35.4 Å². The Balaban J connectivity index is 1.58. The molecule has 1 aromatic carbocycles. The molecule has 19 heavy (non-hydrogen) atoms. The highest BCUT2D eigenvalue weighted by Crippen LogP contribution is 2.24. The molecule has 102 valence electrons. The molecule has 2 aliphatic heterocycles. The van der Waals surface area contributed by atoms with Crippen LogP contribution >= 0.6 is 0 Å². The van der Waals surface area contributed by atoms with Gasteiger partial charge in [-0.25, -0.2) is 0 Å². The topological polar surface area (TPSA) is 23.6 Å². The van der Waals surface area contributed by atoms with Crippen LogP contribution in [0, 0.1) is 5.92 Å². The Morgan fingerprint density at radius 1 is 1.21 bits per heavy atom. The van der Waals surface area contributed by atoms with Gasteiger partial charge in [0.2, 0.25) is 5.91 Å². The summed E-state index contributed by atoms with van der Waals surface area (Å²) in [6.45, 7) is 7.97. The lowest BCUT2D eigenvalue weighted by molar-refractivity contribution is -0.142. The van der Waals surface area contributed by atoms with E-state index in [2.05, 4.69) is 29.2 Å². The molecule has 1 aromatic rings. The molecule has 3 heteroatoms. The molecule has 0 aromatic heterocycles. The van der Waals surface area contributed by atoms with E-state index in [1.165, 1.54) is 11.1 Å². The standard InChI is InChI=1S/C16H22N2O/c1-12(2)16(19)18-10-15(11-18)17-8-7-13-5-3-4-6-14(13)9-17/h3-6,12,15H,7-11H2,1-2H3. The maximum Gasteiger partial charge on any atom is 0.225 e. The molecular weight excluding hydrogens is 236 g/mol. The van der Waals surface area contributed by atoms with Gasteiger partial charge in [0.05, 0.1) is 0 Å². The van der Waals surface area contributed by atoms with Crippen molar-refractivity contribution in [3.63, 3.8) is 0 Å². The van der Waals surface area contributed by atoms with E-state index in [4.69, 9.17) is 0 Å². The molecule has 0 atom stereocenters. The van der Waals surface area contributed by atoms with Gasteiger partial charge in [-0.3, -0.25) is 9.69 Å². The maximum absolute atomic E-state index is 11.9. The summed E-state index contributed by atoms with van der Waals surface area (Å²) in [7, 11) is 0. The number of likely N-dealkylation sites (tertiary alicyclic amines) is 1. The number of fused-ring (bicyclic) bond motifs is 1. The van der Waals surface area contributed by atoms with Crippen molar-refractivity contribution >= 4 is 5.91 Å². The normalized spacial score (nSPS) is 20.3.